The molecule has 0 N–H and O–H groups in total. The van der Waals surface area contributed by atoms with Gasteiger partial charge in [-0.1, -0.05) is 24.3 Å². The van der Waals surface area contributed by atoms with Crippen LogP contribution in [0.25, 0.3) is 0 Å². The maximum atomic E-state index is 10.9. The molecule has 0 aromatic heterocycles. The first-order valence-electron chi connectivity index (χ1n) is 9.59. The van der Waals surface area contributed by atoms with Gasteiger partial charge in [-0.05, 0) is 34.6 Å². The zero-order valence-electron chi connectivity index (χ0n) is 17.9. The molecule has 10 heteroatoms. The third kappa shape index (κ3) is 8.47. The van der Waals surface area contributed by atoms with E-state index in [9.17, 15) is 4.79 Å². The Bertz CT molecular complexity index is 785. The molecular weight excluding hydrogens is 468 g/mol. The van der Waals surface area contributed by atoms with Crippen molar-refractivity contribution in [2.24, 2.45) is 20.4 Å². The van der Waals surface area contributed by atoms with Gasteiger partial charge in [-0.25, -0.2) is 0 Å². The van der Waals surface area contributed by atoms with Gasteiger partial charge < -0.3 is 35.1 Å². The second kappa shape index (κ2) is 15.0. The Morgan fingerprint density at radius 2 is 1.27 bits per heavy atom. The van der Waals surface area contributed by atoms with Crippen molar-refractivity contribution in [2.75, 3.05) is 26.2 Å². The third-order valence-electron chi connectivity index (χ3n) is 4.25. The maximum Gasteiger partial charge on any atom is 2.00 e. The molecule has 1 aromatic carbocycles. The van der Waals surface area contributed by atoms with E-state index >= 15 is 0 Å². The fraction of sp³-hybridized carbons (Fsp3) is 0.450. The van der Waals surface area contributed by atoms with E-state index in [1.165, 1.54) is 0 Å². The molecule has 1 rings (SSSR count). The Morgan fingerprint density at radius 1 is 0.833 bits per heavy atom. The van der Waals surface area contributed by atoms with E-state index in [4.69, 9.17) is 25.3 Å². The van der Waals surface area contributed by atoms with E-state index in [0.717, 1.165) is 38.0 Å². The van der Waals surface area contributed by atoms with Crippen molar-refractivity contribution in [3.63, 3.8) is 0 Å². The molecule has 7 nitrogen and oxygen atoms in total. The van der Waals surface area contributed by atoms with E-state index in [1.54, 1.807) is 31.2 Å². The Kier molecular flexibility index (Phi) is 14.1. The van der Waals surface area contributed by atoms with Gasteiger partial charge in [-0.3, -0.25) is 4.79 Å². The predicted molar refractivity (Wildman–Crippen MR) is 127 cm³/mol. The van der Waals surface area contributed by atoms with Crippen LogP contribution in [0.5, 0.6) is 0 Å². The van der Waals surface area contributed by atoms with Crippen molar-refractivity contribution in [2.45, 2.75) is 34.6 Å². The first kappa shape index (κ1) is 28.1. The van der Waals surface area contributed by atoms with Crippen LogP contribution in [0, 0.1) is 0 Å². The molecule has 0 amide bonds. The van der Waals surface area contributed by atoms with Gasteiger partial charge in [-0.2, -0.15) is 15.3 Å². The van der Waals surface area contributed by atoms with Crippen molar-refractivity contribution in [3.8, 4) is 0 Å². The molecule has 0 unspecified atom stereocenters. The van der Waals surface area contributed by atoms with Crippen LogP contribution in [0.4, 0.5) is 0 Å². The molecule has 0 fully saturated rings. The number of nitrogens with zero attached hydrogens (tertiary/aromatic N) is 6. The fourth-order valence-corrected chi connectivity index (χ4v) is 3.03. The van der Waals surface area contributed by atoms with Gasteiger partial charge in [0.1, 0.15) is 12.0 Å². The Labute approximate surface area is 201 Å². The number of rotatable bonds is 9. The quantitative estimate of drug-likeness (QED) is 0.131. The van der Waals surface area contributed by atoms with Crippen LogP contribution in [0.2, 0.25) is 0 Å². The molecule has 0 saturated heterocycles. The van der Waals surface area contributed by atoms with E-state index in [-0.39, 0.29) is 17.1 Å². The van der Waals surface area contributed by atoms with Crippen LogP contribution in [0.1, 0.15) is 50.5 Å². The average molecular weight is 496 g/mol. The summed E-state index contributed by atoms with van der Waals surface area (Å²) in [7, 11) is 0. The summed E-state index contributed by atoms with van der Waals surface area (Å²) < 4.78 is 0. The summed E-state index contributed by atoms with van der Waals surface area (Å²) in [6, 6.07) is 7.01. The molecule has 0 heterocycles. The van der Waals surface area contributed by atoms with Gasteiger partial charge in [0.2, 0.25) is 0 Å². The first-order chi connectivity index (χ1) is 13.9. The Hall–Kier alpha value is -1.87. The smallest absolute Gasteiger partial charge is 0.741 e. The zero-order valence-corrected chi connectivity index (χ0v) is 20.5. The van der Waals surface area contributed by atoms with E-state index in [1.807, 2.05) is 37.5 Å². The summed E-state index contributed by atoms with van der Waals surface area (Å²) in [5, 5.41) is 17.8. The van der Waals surface area contributed by atoms with Crippen molar-refractivity contribution < 1.29 is 21.9 Å². The number of hydrogen-bond donors (Lipinski definition) is 0. The molecule has 1 aromatic rings. The van der Waals surface area contributed by atoms with Gasteiger partial charge in [0.25, 0.3) is 0 Å². The van der Waals surface area contributed by atoms with E-state index in [2.05, 4.69) is 20.4 Å². The molecule has 0 aliphatic rings. The van der Waals surface area contributed by atoms with Gasteiger partial charge in [-0.15, -0.1) is 5.10 Å². The second-order valence-electron chi connectivity index (χ2n) is 5.98. The van der Waals surface area contributed by atoms with Gasteiger partial charge in [0, 0.05) is 47.6 Å². The topological polar surface area (TPSA) is 73.0 Å². The van der Waals surface area contributed by atoms with Gasteiger partial charge in [0.05, 0.1) is 5.71 Å². The van der Waals surface area contributed by atoms with E-state index in [0.29, 0.717) is 27.3 Å². The molecule has 167 valence electrons. The summed E-state index contributed by atoms with van der Waals surface area (Å²) in [5.74, 6) is 0. The number of benzene rings is 1. The largest absolute Gasteiger partial charge is 2.00 e. The van der Waals surface area contributed by atoms with Crippen LogP contribution in [-0.4, -0.2) is 64.0 Å². The molecule has 0 aliphatic carbocycles. The number of aldehydes is 1. The summed E-state index contributed by atoms with van der Waals surface area (Å²) in [4.78, 5) is 14.8. The monoisotopic (exact) mass is 495 g/mol. The van der Waals surface area contributed by atoms with Crippen molar-refractivity contribution in [1.82, 2.24) is 9.80 Å². The van der Waals surface area contributed by atoms with Crippen molar-refractivity contribution in [3.05, 3.63) is 35.4 Å². The van der Waals surface area contributed by atoms with Crippen LogP contribution >= 0.6 is 0 Å². The molecule has 30 heavy (non-hydrogen) atoms. The summed E-state index contributed by atoms with van der Waals surface area (Å²) >= 11 is 10.7. The Balaban J connectivity index is 0.00000841. The zero-order chi connectivity index (χ0) is 21.8. The Morgan fingerprint density at radius 3 is 1.67 bits per heavy atom. The SMILES string of the molecule is CCN(CC)/C([S-])=N/N=C(C)/C(=N/N=C(\[S-])N(CC)CC)c1ccc(C=O)cc1.[Cu+2]. The minimum Gasteiger partial charge on any atom is -0.741 e. The molecule has 1 radical (unpaired) electrons. The van der Waals surface area contributed by atoms with Gasteiger partial charge in [0.15, 0.2) is 0 Å². The summed E-state index contributed by atoms with van der Waals surface area (Å²) in [6.45, 7) is 12.8. The standard InChI is InChI=1S/C20H30N6OS2.Cu/c1-6-25(7-2)19(28)23-21-15(5)18(17-12-10-16(14-27)11-13-17)22-24-20(29)26(8-3)9-4;/h10-14H,6-9H2,1-5H3,(H,23,28)(H,24,29);/q;+2/p-2/b21-15+,22-18-;. The maximum absolute atomic E-state index is 10.9. The molecule has 0 spiro atoms. The first-order valence-corrected chi connectivity index (χ1v) is 10.4. The van der Waals surface area contributed by atoms with Crippen LogP contribution in [0.15, 0.2) is 44.7 Å². The third-order valence-corrected chi connectivity index (χ3v) is 4.93. The fourth-order valence-electron chi connectivity index (χ4n) is 2.43. The molecule has 0 aliphatic heterocycles. The van der Waals surface area contributed by atoms with Crippen LogP contribution in [-0.2, 0) is 42.3 Å². The number of amidine groups is 2. The number of carbonyl (C=O) groups excluding carboxylic acids is 1. The summed E-state index contributed by atoms with van der Waals surface area (Å²) in [6.07, 6.45) is 0.791. The van der Waals surface area contributed by atoms with Gasteiger partial charge >= 0.3 is 17.1 Å². The summed E-state index contributed by atoms with van der Waals surface area (Å²) in [5.41, 5.74) is 2.39. The van der Waals surface area contributed by atoms with Crippen LogP contribution in [0.3, 0.4) is 0 Å². The van der Waals surface area contributed by atoms with Crippen LogP contribution < -0.4 is 0 Å². The average Bonchev–Trinajstić information content (AvgIpc) is 2.74. The minimum atomic E-state index is 0. The molecule has 0 saturated carbocycles. The normalized spacial score (nSPS) is 13.0. The van der Waals surface area contributed by atoms with Crippen molar-refractivity contribution >= 4 is 53.3 Å². The van der Waals surface area contributed by atoms with Crippen molar-refractivity contribution in [1.29, 1.82) is 0 Å². The predicted octanol–water partition coefficient (Wildman–Crippen LogP) is 3.07. The minimum absolute atomic E-state index is 0. The second-order valence-corrected chi connectivity index (χ2v) is 6.71. The molecular formula is C20H28CuN6OS2. The van der Waals surface area contributed by atoms with E-state index < -0.39 is 0 Å². The number of hydrogen-bond acceptors (Lipinski definition) is 7. The molecule has 0 bridgehead atoms. The molecule has 0 atom stereocenters. The number of carbonyl (C=O) groups is 1.